The molecule has 0 fully saturated rings. The summed E-state index contributed by atoms with van der Waals surface area (Å²) in [5, 5.41) is 1.26. The zero-order chi connectivity index (χ0) is 13.4. The smallest absolute Gasteiger partial charge is 0.160 e. The van der Waals surface area contributed by atoms with Crippen molar-refractivity contribution < 1.29 is 4.39 Å². The minimum absolute atomic E-state index is 0.179. The van der Waals surface area contributed by atoms with Crippen LogP contribution in [-0.4, -0.2) is 9.97 Å². The molecule has 1 aromatic carbocycles. The van der Waals surface area contributed by atoms with E-state index in [-0.39, 0.29) is 10.7 Å². The van der Waals surface area contributed by atoms with Gasteiger partial charge >= 0.3 is 0 Å². The van der Waals surface area contributed by atoms with Gasteiger partial charge in [-0.1, -0.05) is 29.3 Å². The van der Waals surface area contributed by atoms with Crippen molar-refractivity contribution in [2.24, 2.45) is 0 Å². The van der Waals surface area contributed by atoms with Crippen molar-refractivity contribution in [1.82, 2.24) is 9.97 Å². The average molecular weight is 293 g/mol. The number of pyridine rings is 2. The quantitative estimate of drug-likeness (QED) is 0.605. The monoisotopic (exact) mass is 292 g/mol. The van der Waals surface area contributed by atoms with Crippen LogP contribution in [0.25, 0.3) is 22.2 Å². The number of aromatic nitrogens is 2. The fourth-order valence-electron chi connectivity index (χ4n) is 1.91. The Morgan fingerprint density at radius 2 is 1.89 bits per heavy atom. The molecule has 0 saturated carbocycles. The van der Waals surface area contributed by atoms with Gasteiger partial charge in [-0.2, -0.15) is 0 Å². The Balaban J connectivity index is 2.33. The topological polar surface area (TPSA) is 25.8 Å². The Hall–Kier alpha value is -1.71. The molecule has 0 aliphatic carbocycles. The van der Waals surface area contributed by atoms with E-state index < -0.39 is 5.82 Å². The average Bonchev–Trinajstić information content (AvgIpc) is 2.39. The highest BCUT2D eigenvalue weighted by Gasteiger charge is 2.15. The van der Waals surface area contributed by atoms with Crippen molar-refractivity contribution in [2.75, 3.05) is 0 Å². The number of hydrogen-bond donors (Lipinski definition) is 0. The van der Waals surface area contributed by atoms with Gasteiger partial charge < -0.3 is 0 Å². The lowest BCUT2D eigenvalue weighted by molar-refractivity contribution is 0.631. The van der Waals surface area contributed by atoms with Crippen molar-refractivity contribution in [3.05, 3.63) is 58.6 Å². The molecule has 0 amide bonds. The fraction of sp³-hybridized carbons (Fsp3) is 0. The summed E-state index contributed by atoms with van der Waals surface area (Å²) in [6.07, 6.45) is 1.63. The summed E-state index contributed by atoms with van der Waals surface area (Å²) in [6, 6.07) is 9.86. The molecule has 0 bridgehead atoms. The van der Waals surface area contributed by atoms with Crippen LogP contribution in [0, 0.1) is 5.82 Å². The van der Waals surface area contributed by atoms with E-state index >= 15 is 0 Å². The van der Waals surface area contributed by atoms with Crippen molar-refractivity contribution in [3.63, 3.8) is 0 Å². The van der Waals surface area contributed by atoms with Crippen molar-refractivity contribution in [2.45, 2.75) is 0 Å². The zero-order valence-electron chi connectivity index (χ0n) is 9.57. The molecule has 19 heavy (non-hydrogen) atoms. The van der Waals surface area contributed by atoms with Gasteiger partial charge in [0.2, 0.25) is 0 Å². The molecule has 0 unspecified atom stereocenters. The molecule has 0 aliphatic rings. The third-order valence-electron chi connectivity index (χ3n) is 2.78. The number of nitrogens with zero attached hydrogens (tertiary/aromatic N) is 2. The highest BCUT2D eigenvalue weighted by Crippen LogP contribution is 2.35. The molecule has 5 heteroatoms. The minimum Gasteiger partial charge on any atom is -0.237 e. The molecule has 3 aromatic rings. The van der Waals surface area contributed by atoms with Crippen LogP contribution in [0.1, 0.15) is 0 Å². The first-order chi connectivity index (χ1) is 9.16. The van der Waals surface area contributed by atoms with Gasteiger partial charge in [-0.25, -0.2) is 14.4 Å². The maximum Gasteiger partial charge on any atom is 0.160 e. The van der Waals surface area contributed by atoms with E-state index in [1.54, 1.807) is 30.5 Å². The zero-order valence-corrected chi connectivity index (χ0v) is 11.1. The molecule has 0 N–H and O–H groups in total. The third kappa shape index (κ3) is 2.15. The summed E-state index contributed by atoms with van der Waals surface area (Å²) >= 11 is 12.2. The van der Waals surface area contributed by atoms with E-state index in [0.717, 1.165) is 5.39 Å². The standard InChI is InChI=1S/C14H7Cl2FN2/c15-10-4-1-5-11(17)12(10)9-7-8-3-2-6-18-14(8)19-13(9)16/h1-7H. The van der Waals surface area contributed by atoms with Gasteiger partial charge in [0.15, 0.2) is 5.65 Å². The predicted octanol–water partition coefficient (Wildman–Crippen LogP) is 4.74. The summed E-state index contributed by atoms with van der Waals surface area (Å²) in [4.78, 5) is 8.26. The molecule has 0 atom stereocenters. The highest BCUT2D eigenvalue weighted by atomic mass is 35.5. The summed E-state index contributed by atoms with van der Waals surface area (Å²) < 4.78 is 13.9. The van der Waals surface area contributed by atoms with Gasteiger partial charge in [-0.15, -0.1) is 0 Å². The molecule has 0 aliphatic heterocycles. The van der Waals surface area contributed by atoms with Crippen LogP contribution in [-0.2, 0) is 0 Å². The lowest BCUT2D eigenvalue weighted by Crippen LogP contribution is -1.91. The first kappa shape index (κ1) is 12.3. The van der Waals surface area contributed by atoms with Crippen LogP contribution in [0.3, 0.4) is 0 Å². The van der Waals surface area contributed by atoms with E-state index in [0.29, 0.717) is 16.2 Å². The number of fused-ring (bicyclic) bond motifs is 1. The molecular weight excluding hydrogens is 286 g/mol. The maximum absolute atomic E-state index is 13.9. The van der Waals surface area contributed by atoms with Gasteiger partial charge in [0.25, 0.3) is 0 Å². The van der Waals surface area contributed by atoms with E-state index in [9.17, 15) is 4.39 Å². The van der Waals surface area contributed by atoms with E-state index in [2.05, 4.69) is 9.97 Å². The third-order valence-corrected chi connectivity index (χ3v) is 3.38. The molecule has 2 aromatic heterocycles. The van der Waals surface area contributed by atoms with Crippen molar-refractivity contribution >= 4 is 34.2 Å². The van der Waals surface area contributed by atoms with Gasteiger partial charge in [0.05, 0.1) is 5.02 Å². The van der Waals surface area contributed by atoms with Crippen LogP contribution in [0.4, 0.5) is 4.39 Å². The SMILES string of the molecule is Fc1cccc(Cl)c1-c1cc2cccnc2nc1Cl. The lowest BCUT2D eigenvalue weighted by Gasteiger charge is -2.08. The Morgan fingerprint density at radius 1 is 1.05 bits per heavy atom. The minimum atomic E-state index is -0.431. The summed E-state index contributed by atoms with van der Waals surface area (Å²) in [7, 11) is 0. The molecule has 0 radical (unpaired) electrons. The molecular formula is C14H7Cl2FN2. The van der Waals surface area contributed by atoms with Crippen molar-refractivity contribution in [1.29, 1.82) is 0 Å². The van der Waals surface area contributed by atoms with E-state index in [1.165, 1.54) is 6.07 Å². The molecule has 2 nitrogen and oxygen atoms in total. The lowest BCUT2D eigenvalue weighted by atomic mass is 10.1. The van der Waals surface area contributed by atoms with Crippen LogP contribution >= 0.6 is 23.2 Å². The summed E-state index contributed by atoms with van der Waals surface area (Å²) in [6.45, 7) is 0. The molecule has 0 spiro atoms. The van der Waals surface area contributed by atoms with E-state index in [1.807, 2.05) is 6.07 Å². The normalized spacial score (nSPS) is 10.9. The Bertz CT molecular complexity index is 754. The summed E-state index contributed by atoms with van der Waals surface area (Å²) in [5.74, 6) is -0.431. The van der Waals surface area contributed by atoms with Gasteiger partial charge in [0, 0.05) is 22.7 Å². The van der Waals surface area contributed by atoms with Gasteiger partial charge in [0.1, 0.15) is 11.0 Å². The van der Waals surface area contributed by atoms with Gasteiger partial charge in [-0.3, -0.25) is 0 Å². The number of hydrogen-bond acceptors (Lipinski definition) is 2. The fourth-order valence-corrected chi connectivity index (χ4v) is 2.41. The molecule has 0 saturated heterocycles. The first-order valence-corrected chi connectivity index (χ1v) is 6.28. The van der Waals surface area contributed by atoms with Crippen LogP contribution < -0.4 is 0 Å². The Kier molecular flexibility index (Phi) is 3.09. The van der Waals surface area contributed by atoms with E-state index in [4.69, 9.17) is 23.2 Å². The predicted molar refractivity (Wildman–Crippen MR) is 75.0 cm³/mol. The largest absolute Gasteiger partial charge is 0.237 e. The van der Waals surface area contributed by atoms with Crippen molar-refractivity contribution in [3.8, 4) is 11.1 Å². The maximum atomic E-state index is 13.9. The van der Waals surface area contributed by atoms with Crippen LogP contribution in [0.15, 0.2) is 42.6 Å². The molecule has 2 heterocycles. The number of rotatable bonds is 1. The van der Waals surface area contributed by atoms with Crippen LogP contribution in [0.2, 0.25) is 10.2 Å². The molecule has 94 valence electrons. The second kappa shape index (κ2) is 4.76. The Labute approximate surface area is 118 Å². The Morgan fingerprint density at radius 3 is 2.68 bits per heavy atom. The van der Waals surface area contributed by atoms with Crippen LogP contribution in [0.5, 0.6) is 0 Å². The summed E-state index contributed by atoms with van der Waals surface area (Å²) in [5.41, 5.74) is 1.24. The first-order valence-electron chi connectivity index (χ1n) is 5.52. The van der Waals surface area contributed by atoms with Gasteiger partial charge in [-0.05, 0) is 30.3 Å². The number of halogens is 3. The number of benzene rings is 1. The second-order valence-corrected chi connectivity index (χ2v) is 4.74. The molecule has 3 rings (SSSR count). The second-order valence-electron chi connectivity index (χ2n) is 3.97. The highest BCUT2D eigenvalue weighted by molar-refractivity contribution is 6.36.